The van der Waals surface area contributed by atoms with Crippen LogP contribution in [0, 0.1) is 0 Å². The van der Waals surface area contributed by atoms with Crippen molar-refractivity contribution in [1.29, 1.82) is 0 Å². The number of anilines is 2. The Bertz CT molecular complexity index is 522. The predicted octanol–water partition coefficient (Wildman–Crippen LogP) is 0.900. The molecule has 0 saturated heterocycles. The van der Waals surface area contributed by atoms with Gasteiger partial charge in [-0.3, -0.25) is 9.52 Å². The Hall–Kier alpha value is -1.56. The topological polar surface area (TPSA) is 75.3 Å². The fourth-order valence-corrected chi connectivity index (χ4v) is 2.76. The molecule has 1 heterocycles. The Morgan fingerprint density at radius 3 is 2.87 bits per heavy atom. The van der Waals surface area contributed by atoms with Crippen molar-refractivity contribution in [3.05, 3.63) is 23.8 Å². The zero-order valence-electron chi connectivity index (χ0n) is 8.07. The lowest BCUT2D eigenvalue weighted by atomic mass is 10.2. The molecule has 0 aromatic heterocycles. The van der Waals surface area contributed by atoms with E-state index in [1.54, 1.807) is 18.2 Å². The molecule has 0 bridgehead atoms. The lowest BCUT2D eigenvalue weighted by Gasteiger charge is -2.03. The van der Waals surface area contributed by atoms with Crippen molar-refractivity contribution in [2.24, 2.45) is 0 Å². The SMILES string of the molecule is CC(=O)Nc1ccc2c(c1)CS(=O)(=O)N2. The minimum Gasteiger partial charge on any atom is -0.326 e. The van der Waals surface area contributed by atoms with Crippen molar-refractivity contribution < 1.29 is 13.2 Å². The average molecular weight is 226 g/mol. The Labute approximate surface area is 87.5 Å². The second-order valence-electron chi connectivity index (χ2n) is 3.41. The molecule has 0 saturated carbocycles. The molecule has 0 aliphatic carbocycles. The van der Waals surface area contributed by atoms with E-state index in [0.717, 1.165) is 0 Å². The number of carbonyl (C=O) groups is 1. The maximum absolute atomic E-state index is 11.2. The maximum Gasteiger partial charge on any atom is 0.237 e. The molecule has 2 rings (SSSR count). The summed E-state index contributed by atoms with van der Waals surface area (Å²) in [7, 11) is -3.21. The molecule has 15 heavy (non-hydrogen) atoms. The van der Waals surface area contributed by atoms with Gasteiger partial charge in [0.15, 0.2) is 0 Å². The Morgan fingerprint density at radius 2 is 2.20 bits per heavy atom. The number of carbonyl (C=O) groups excluding carboxylic acids is 1. The number of sulfonamides is 1. The van der Waals surface area contributed by atoms with Gasteiger partial charge in [0.25, 0.3) is 0 Å². The summed E-state index contributed by atoms with van der Waals surface area (Å²) in [5.41, 5.74) is 1.88. The fourth-order valence-electron chi connectivity index (χ4n) is 1.50. The van der Waals surface area contributed by atoms with Crippen molar-refractivity contribution in [3.63, 3.8) is 0 Å². The van der Waals surface area contributed by atoms with E-state index in [4.69, 9.17) is 0 Å². The molecule has 6 heteroatoms. The number of fused-ring (bicyclic) bond motifs is 1. The Balaban J connectivity index is 2.34. The van der Waals surface area contributed by atoms with Crippen LogP contribution in [0.5, 0.6) is 0 Å². The van der Waals surface area contributed by atoms with Crippen LogP contribution in [0.15, 0.2) is 18.2 Å². The lowest BCUT2D eigenvalue weighted by molar-refractivity contribution is -0.114. The van der Waals surface area contributed by atoms with E-state index in [1.165, 1.54) is 6.92 Å². The minimum atomic E-state index is -3.21. The van der Waals surface area contributed by atoms with Crippen LogP contribution in [0.1, 0.15) is 12.5 Å². The average Bonchev–Trinajstić information content (AvgIpc) is 2.36. The number of benzene rings is 1. The minimum absolute atomic E-state index is 0.0320. The van der Waals surface area contributed by atoms with Gasteiger partial charge >= 0.3 is 0 Å². The van der Waals surface area contributed by atoms with Gasteiger partial charge in [-0.15, -0.1) is 0 Å². The molecule has 5 nitrogen and oxygen atoms in total. The number of amides is 1. The van der Waals surface area contributed by atoms with E-state index in [2.05, 4.69) is 10.0 Å². The predicted molar refractivity (Wildman–Crippen MR) is 57.0 cm³/mol. The smallest absolute Gasteiger partial charge is 0.237 e. The van der Waals surface area contributed by atoms with Crippen molar-refractivity contribution in [2.45, 2.75) is 12.7 Å². The van der Waals surface area contributed by atoms with Gasteiger partial charge in [0.2, 0.25) is 15.9 Å². The van der Waals surface area contributed by atoms with Crippen LogP contribution >= 0.6 is 0 Å². The van der Waals surface area contributed by atoms with Crippen molar-refractivity contribution >= 4 is 27.3 Å². The van der Waals surface area contributed by atoms with E-state index < -0.39 is 10.0 Å². The third-order valence-electron chi connectivity index (χ3n) is 2.04. The zero-order valence-corrected chi connectivity index (χ0v) is 8.89. The van der Waals surface area contributed by atoms with E-state index in [1.807, 2.05) is 0 Å². The Morgan fingerprint density at radius 1 is 1.47 bits per heavy atom. The molecule has 0 spiro atoms. The van der Waals surface area contributed by atoms with Crippen LogP contribution in [0.3, 0.4) is 0 Å². The molecule has 2 N–H and O–H groups in total. The number of hydrogen-bond acceptors (Lipinski definition) is 3. The van der Waals surface area contributed by atoms with Gasteiger partial charge in [0.05, 0.1) is 11.4 Å². The zero-order chi connectivity index (χ0) is 11.1. The van der Waals surface area contributed by atoms with Gasteiger partial charge in [-0.2, -0.15) is 0 Å². The van der Waals surface area contributed by atoms with Crippen molar-refractivity contribution in [1.82, 2.24) is 0 Å². The maximum atomic E-state index is 11.2. The van der Waals surface area contributed by atoms with E-state index in [0.29, 0.717) is 16.9 Å². The largest absolute Gasteiger partial charge is 0.326 e. The second kappa shape index (κ2) is 3.23. The van der Waals surface area contributed by atoms with E-state index >= 15 is 0 Å². The molecule has 1 aromatic carbocycles. The van der Waals surface area contributed by atoms with Crippen molar-refractivity contribution in [2.75, 3.05) is 10.0 Å². The monoisotopic (exact) mass is 226 g/mol. The van der Waals surface area contributed by atoms with E-state index in [-0.39, 0.29) is 11.7 Å². The first-order chi connectivity index (χ1) is 6.96. The van der Waals surface area contributed by atoms with Crippen molar-refractivity contribution in [3.8, 4) is 0 Å². The highest BCUT2D eigenvalue weighted by molar-refractivity contribution is 7.92. The molecule has 1 aromatic rings. The molecule has 80 valence electrons. The van der Waals surface area contributed by atoms with Crippen LogP contribution in [0.25, 0.3) is 0 Å². The standard InChI is InChI=1S/C9H10N2O3S/c1-6(12)10-8-2-3-9-7(4-8)5-15(13,14)11-9/h2-4,11H,5H2,1H3,(H,10,12). The summed E-state index contributed by atoms with van der Waals surface area (Å²) in [4.78, 5) is 10.8. The van der Waals surface area contributed by atoms with Gasteiger partial charge < -0.3 is 5.32 Å². The molecule has 1 amide bonds. The van der Waals surface area contributed by atoms with Gasteiger partial charge in [-0.1, -0.05) is 0 Å². The van der Waals surface area contributed by atoms with Crippen LogP contribution < -0.4 is 10.0 Å². The van der Waals surface area contributed by atoms with Crippen LogP contribution in [-0.4, -0.2) is 14.3 Å². The molecule has 1 aliphatic heterocycles. The summed E-state index contributed by atoms with van der Waals surface area (Å²) in [6, 6.07) is 4.97. The summed E-state index contributed by atoms with van der Waals surface area (Å²) in [6.45, 7) is 1.40. The molecular weight excluding hydrogens is 216 g/mol. The van der Waals surface area contributed by atoms with Gasteiger partial charge in [0, 0.05) is 12.6 Å². The van der Waals surface area contributed by atoms with Gasteiger partial charge in [0.1, 0.15) is 0 Å². The van der Waals surface area contributed by atoms with Gasteiger partial charge in [-0.05, 0) is 23.8 Å². The quantitative estimate of drug-likeness (QED) is 0.747. The van der Waals surface area contributed by atoms with Crippen LogP contribution in [0.4, 0.5) is 11.4 Å². The molecule has 1 aliphatic rings. The normalized spacial score (nSPS) is 16.6. The fraction of sp³-hybridized carbons (Fsp3) is 0.222. The first-order valence-electron chi connectivity index (χ1n) is 4.37. The molecule has 0 fully saturated rings. The first-order valence-corrected chi connectivity index (χ1v) is 6.02. The molecule has 0 atom stereocenters. The van der Waals surface area contributed by atoms with E-state index in [9.17, 15) is 13.2 Å². The van der Waals surface area contributed by atoms with Crippen LogP contribution in [-0.2, 0) is 20.6 Å². The second-order valence-corrected chi connectivity index (χ2v) is 5.14. The first kappa shape index (κ1) is 9.97. The summed E-state index contributed by atoms with van der Waals surface area (Å²) in [5.74, 6) is -0.209. The highest BCUT2D eigenvalue weighted by Crippen LogP contribution is 2.29. The highest BCUT2D eigenvalue weighted by atomic mass is 32.2. The highest BCUT2D eigenvalue weighted by Gasteiger charge is 2.23. The summed E-state index contributed by atoms with van der Waals surface area (Å²) < 4.78 is 24.9. The number of nitrogens with one attached hydrogen (secondary N) is 2. The summed E-state index contributed by atoms with van der Waals surface area (Å²) >= 11 is 0. The molecule has 0 unspecified atom stereocenters. The summed E-state index contributed by atoms with van der Waals surface area (Å²) in [6.07, 6.45) is 0. The third-order valence-corrected chi connectivity index (χ3v) is 3.26. The third kappa shape index (κ3) is 2.10. The number of rotatable bonds is 1. The molecule has 0 radical (unpaired) electrons. The Kier molecular flexibility index (Phi) is 2.15. The lowest BCUT2D eigenvalue weighted by Crippen LogP contribution is -2.05. The van der Waals surface area contributed by atoms with Gasteiger partial charge in [-0.25, -0.2) is 8.42 Å². The van der Waals surface area contributed by atoms with Crippen LogP contribution in [0.2, 0.25) is 0 Å². The number of hydrogen-bond donors (Lipinski definition) is 2. The summed E-state index contributed by atoms with van der Waals surface area (Å²) in [5, 5.41) is 2.60. The molecular formula is C9H10N2O3S.